The second-order valence-electron chi connectivity index (χ2n) is 6.50. The summed E-state index contributed by atoms with van der Waals surface area (Å²) < 4.78 is 3.58. The van der Waals surface area contributed by atoms with Gasteiger partial charge in [0.25, 0.3) is 0 Å². The molecule has 1 aliphatic rings. The van der Waals surface area contributed by atoms with E-state index in [4.69, 9.17) is 0 Å². The average molecular weight is 338 g/mol. The Labute approximate surface area is 146 Å². The van der Waals surface area contributed by atoms with Crippen LogP contribution in [0.15, 0.2) is 0 Å². The van der Waals surface area contributed by atoms with Crippen LogP contribution in [0.1, 0.15) is 41.6 Å². The molecular weight excluding hydrogens is 316 g/mol. The van der Waals surface area contributed by atoms with E-state index in [1.165, 1.54) is 12.8 Å². The van der Waals surface area contributed by atoms with Gasteiger partial charge in [-0.1, -0.05) is 0 Å². The van der Waals surface area contributed by atoms with Crippen LogP contribution in [-0.2, 0) is 7.05 Å². The molecule has 3 aromatic heterocycles. The van der Waals surface area contributed by atoms with Gasteiger partial charge >= 0.3 is 0 Å². The van der Waals surface area contributed by atoms with Crippen molar-refractivity contribution in [3.8, 4) is 0 Å². The number of nitrogens with zero attached hydrogens (tertiary/aromatic N) is 8. The zero-order chi connectivity index (χ0) is 17.6. The van der Waals surface area contributed by atoms with E-state index in [0.717, 1.165) is 47.6 Å². The Morgan fingerprint density at radius 1 is 0.920 bits per heavy atom. The van der Waals surface area contributed by atoms with Crippen LogP contribution < -0.4 is 4.90 Å². The smallest absolute Gasteiger partial charge is 0.245 e. The van der Waals surface area contributed by atoms with Gasteiger partial charge < -0.3 is 4.90 Å². The lowest BCUT2D eigenvalue weighted by Crippen LogP contribution is -2.19. The molecule has 4 heterocycles. The summed E-state index contributed by atoms with van der Waals surface area (Å²) in [6.45, 7) is 8.01. The molecule has 130 valence electrons. The summed E-state index contributed by atoms with van der Waals surface area (Å²) in [5.74, 6) is 3.07. The van der Waals surface area contributed by atoms with Gasteiger partial charge in [-0.25, -0.2) is 14.6 Å². The van der Waals surface area contributed by atoms with Crippen molar-refractivity contribution in [2.75, 3.05) is 18.0 Å². The average Bonchev–Trinajstić information content (AvgIpc) is 3.30. The van der Waals surface area contributed by atoms with Crippen LogP contribution in [0.5, 0.6) is 0 Å². The SMILES string of the molecule is Cc1nc(C)n2nc(C=Cc3nc(N4CCCC4)nn3C)nc2c1C. The molecule has 0 saturated carbocycles. The Morgan fingerprint density at radius 3 is 2.44 bits per heavy atom. The first kappa shape index (κ1) is 15.7. The molecule has 0 atom stereocenters. The van der Waals surface area contributed by atoms with Crippen LogP contribution in [0.25, 0.3) is 17.8 Å². The van der Waals surface area contributed by atoms with Crippen LogP contribution in [0.2, 0.25) is 0 Å². The van der Waals surface area contributed by atoms with E-state index in [9.17, 15) is 0 Å². The van der Waals surface area contributed by atoms with E-state index in [-0.39, 0.29) is 0 Å². The van der Waals surface area contributed by atoms with E-state index in [0.29, 0.717) is 5.82 Å². The number of fused-ring (bicyclic) bond motifs is 1. The fourth-order valence-electron chi connectivity index (χ4n) is 3.13. The van der Waals surface area contributed by atoms with Crippen molar-refractivity contribution in [1.82, 2.24) is 34.3 Å². The molecule has 0 radical (unpaired) electrons. The van der Waals surface area contributed by atoms with Crippen molar-refractivity contribution in [2.45, 2.75) is 33.6 Å². The van der Waals surface area contributed by atoms with Crippen LogP contribution in [0.4, 0.5) is 5.95 Å². The molecule has 8 heteroatoms. The zero-order valence-electron chi connectivity index (χ0n) is 15.1. The molecule has 25 heavy (non-hydrogen) atoms. The topological polar surface area (TPSA) is 77.0 Å². The third-order valence-corrected chi connectivity index (χ3v) is 4.69. The molecule has 4 rings (SSSR count). The maximum Gasteiger partial charge on any atom is 0.245 e. The summed E-state index contributed by atoms with van der Waals surface area (Å²) >= 11 is 0. The summed E-state index contributed by atoms with van der Waals surface area (Å²) in [5, 5.41) is 9.04. The van der Waals surface area contributed by atoms with Gasteiger partial charge in [0.2, 0.25) is 5.95 Å². The Balaban J connectivity index is 1.65. The summed E-state index contributed by atoms with van der Waals surface area (Å²) in [6, 6.07) is 0. The quantitative estimate of drug-likeness (QED) is 0.726. The minimum atomic E-state index is 0.643. The lowest BCUT2D eigenvalue weighted by atomic mass is 10.2. The number of rotatable bonds is 3. The van der Waals surface area contributed by atoms with Crippen LogP contribution in [0, 0.1) is 20.8 Å². The predicted molar refractivity (Wildman–Crippen MR) is 96.4 cm³/mol. The van der Waals surface area contributed by atoms with Crippen LogP contribution in [0.3, 0.4) is 0 Å². The van der Waals surface area contributed by atoms with Crippen molar-refractivity contribution in [2.24, 2.45) is 7.05 Å². The van der Waals surface area contributed by atoms with Crippen molar-refractivity contribution < 1.29 is 0 Å². The Morgan fingerprint density at radius 2 is 1.68 bits per heavy atom. The highest BCUT2D eigenvalue weighted by atomic mass is 15.4. The first-order chi connectivity index (χ1) is 12.0. The van der Waals surface area contributed by atoms with Gasteiger partial charge in [0.15, 0.2) is 17.3 Å². The van der Waals surface area contributed by atoms with Gasteiger partial charge in [0.1, 0.15) is 5.82 Å². The first-order valence-corrected chi connectivity index (χ1v) is 8.57. The van der Waals surface area contributed by atoms with Crippen molar-refractivity contribution in [1.29, 1.82) is 0 Å². The monoisotopic (exact) mass is 338 g/mol. The van der Waals surface area contributed by atoms with E-state index in [1.54, 1.807) is 9.20 Å². The van der Waals surface area contributed by atoms with Crippen LogP contribution >= 0.6 is 0 Å². The molecule has 0 N–H and O–H groups in total. The second-order valence-corrected chi connectivity index (χ2v) is 6.50. The van der Waals surface area contributed by atoms with E-state index < -0.39 is 0 Å². The molecule has 0 amide bonds. The van der Waals surface area contributed by atoms with Gasteiger partial charge in [-0.2, -0.15) is 9.50 Å². The van der Waals surface area contributed by atoms with Crippen LogP contribution in [-0.4, -0.2) is 47.4 Å². The fourth-order valence-corrected chi connectivity index (χ4v) is 3.13. The molecule has 0 aromatic carbocycles. The van der Waals surface area contributed by atoms with E-state index in [1.807, 2.05) is 40.0 Å². The van der Waals surface area contributed by atoms with Crippen molar-refractivity contribution in [3.63, 3.8) is 0 Å². The maximum absolute atomic E-state index is 4.63. The molecule has 0 aliphatic carbocycles. The van der Waals surface area contributed by atoms with Crippen molar-refractivity contribution >= 4 is 23.7 Å². The number of aryl methyl sites for hydroxylation is 4. The zero-order valence-corrected chi connectivity index (χ0v) is 15.1. The minimum absolute atomic E-state index is 0.643. The Kier molecular flexibility index (Phi) is 3.74. The molecule has 1 fully saturated rings. The molecule has 3 aromatic rings. The van der Waals surface area contributed by atoms with Gasteiger partial charge in [0, 0.05) is 31.4 Å². The normalized spacial score (nSPS) is 15.1. The Hall–Kier alpha value is -2.77. The summed E-state index contributed by atoms with van der Waals surface area (Å²) in [6.07, 6.45) is 6.20. The summed E-state index contributed by atoms with van der Waals surface area (Å²) in [5.41, 5.74) is 2.88. The fraction of sp³-hybridized carbons (Fsp3) is 0.471. The van der Waals surface area contributed by atoms with Gasteiger partial charge in [-0.15, -0.1) is 10.2 Å². The third kappa shape index (κ3) is 2.77. The highest BCUT2D eigenvalue weighted by molar-refractivity contribution is 5.65. The number of hydrogen-bond donors (Lipinski definition) is 0. The summed E-state index contributed by atoms with van der Waals surface area (Å²) in [4.78, 5) is 16.0. The van der Waals surface area contributed by atoms with Gasteiger partial charge in [-0.3, -0.25) is 0 Å². The largest absolute Gasteiger partial charge is 0.340 e. The molecule has 0 spiro atoms. The number of aromatic nitrogens is 7. The molecule has 1 saturated heterocycles. The number of hydrogen-bond acceptors (Lipinski definition) is 6. The van der Waals surface area contributed by atoms with Crippen molar-refractivity contribution in [3.05, 3.63) is 28.7 Å². The first-order valence-electron chi connectivity index (χ1n) is 8.57. The molecule has 8 nitrogen and oxygen atoms in total. The van der Waals surface area contributed by atoms with Gasteiger partial charge in [-0.05, 0) is 45.8 Å². The molecule has 0 bridgehead atoms. The standard InChI is InChI=1S/C17H22N8/c1-11-12(2)18-13(3)25-16(11)19-14(21-25)7-8-15-20-17(22-23(15)4)24-9-5-6-10-24/h7-8H,5-6,9-10H2,1-4H3. The highest BCUT2D eigenvalue weighted by Gasteiger charge is 2.17. The molecule has 1 aliphatic heterocycles. The minimum Gasteiger partial charge on any atom is -0.340 e. The molecular formula is C17H22N8. The van der Waals surface area contributed by atoms with E-state index >= 15 is 0 Å². The maximum atomic E-state index is 4.63. The third-order valence-electron chi connectivity index (χ3n) is 4.69. The highest BCUT2D eigenvalue weighted by Crippen LogP contribution is 2.17. The van der Waals surface area contributed by atoms with E-state index in [2.05, 4.69) is 30.0 Å². The predicted octanol–water partition coefficient (Wildman–Crippen LogP) is 1.95. The molecule has 0 unspecified atom stereocenters. The number of anilines is 1. The van der Waals surface area contributed by atoms with Gasteiger partial charge in [0.05, 0.1) is 0 Å². The summed E-state index contributed by atoms with van der Waals surface area (Å²) in [7, 11) is 1.91. The second kappa shape index (κ2) is 5.94. The lowest BCUT2D eigenvalue weighted by molar-refractivity contribution is 0.747. The Bertz CT molecular complexity index is 959. The lowest BCUT2D eigenvalue weighted by Gasteiger charge is -2.10.